The Morgan fingerprint density at radius 2 is 2.20 bits per heavy atom. The zero-order valence-corrected chi connectivity index (χ0v) is 9.50. The molecule has 0 bridgehead atoms. The second-order valence-corrected chi connectivity index (χ2v) is 4.68. The van der Waals surface area contributed by atoms with Gasteiger partial charge in [-0.2, -0.15) is 0 Å². The van der Waals surface area contributed by atoms with E-state index in [-0.39, 0.29) is 11.7 Å². The van der Waals surface area contributed by atoms with Gasteiger partial charge in [0.05, 0.1) is 10.4 Å². The van der Waals surface area contributed by atoms with Crippen molar-refractivity contribution < 1.29 is 14.3 Å². The topological polar surface area (TPSA) is 37.3 Å². The third-order valence-electron chi connectivity index (χ3n) is 2.66. The molecule has 0 spiro atoms. The zero-order chi connectivity index (χ0) is 11.0. The summed E-state index contributed by atoms with van der Waals surface area (Å²) in [7, 11) is 0. The Morgan fingerprint density at radius 1 is 1.53 bits per heavy atom. The fraction of sp³-hybridized carbons (Fsp3) is 0.364. The Hall–Kier alpha value is -0.900. The van der Waals surface area contributed by atoms with E-state index >= 15 is 0 Å². The molecular weight excluding hydrogens is 263 g/mol. The number of carboxylic acids is 1. The van der Waals surface area contributed by atoms with E-state index in [0.717, 1.165) is 12.8 Å². The van der Waals surface area contributed by atoms with Gasteiger partial charge >= 0.3 is 5.97 Å². The van der Waals surface area contributed by atoms with Gasteiger partial charge in [-0.1, -0.05) is 6.07 Å². The molecule has 1 aliphatic rings. The van der Waals surface area contributed by atoms with Gasteiger partial charge in [0.2, 0.25) is 0 Å². The second kappa shape index (κ2) is 3.93. The number of hydrogen-bond donors (Lipinski definition) is 1. The van der Waals surface area contributed by atoms with Gasteiger partial charge in [0.25, 0.3) is 0 Å². The molecule has 80 valence electrons. The molecule has 1 aliphatic carbocycles. The Labute approximate surface area is 95.2 Å². The van der Waals surface area contributed by atoms with Crippen LogP contribution in [0.2, 0.25) is 0 Å². The number of carboxylic acid groups (broad SMARTS) is 1. The van der Waals surface area contributed by atoms with Crippen LogP contribution >= 0.6 is 15.9 Å². The van der Waals surface area contributed by atoms with E-state index in [9.17, 15) is 9.18 Å². The smallest absolute Gasteiger partial charge is 0.311 e. The molecule has 1 atom stereocenters. The van der Waals surface area contributed by atoms with E-state index in [4.69, 9.17) is 5.11 Å². The Balaban J connectivity index is 2.33. The standard InChI is InChI=1S/C11H10BrFO2/c12-8-5-7(3-4-9(8)13)10(11(14)15)6-1-2-6/h3-6,10H,1-2H2,(H,14,15). The van der Waals surface area contributed by atoms with Crippen LogP contribution in [0.3, 0.4) is 0 Å². The first kappa shape index (κ1) is 10.6. The summed E-state index contributed by atoms with van der Waals surface area (Å²) in [5.74, 6) is -1.45. The number of rotatable bonds is 3. The van der Waals surface area contributed by atoms with Crippen LogP contribution in [0, 0.1) is 11.7 Å². The first-order valence-corrected chi connectivity index (χ1v) is 5.56. The van der Waals surface area contributed by atoms with Gasteiger partial charge in [-0.15, -0.1) is 0 Å². The summed E-state index contributed by atoms with van der Waals surface area (Å²) < 4.78 is 13.3. The molecule has 1 saturated carbocycles. The van der Waals surface area contributed by atoms with E-state index in [2.05, 4.69) is 15.9 Å². The Morgan fingerprint density at radius 3 is 2.67 bits per heavy atom. The molecule has 4 heteroatoms. The van der Waals surface area contributed by atoms with Gasteiger partial charge in [0.1, 0.15) is 5.82 Å². The van der Waals surface area contributed by atoms with Crippen molar-refractivity contribution in [3.05, 3.63) is 34.1 Å². The van der Waals surface area contributed by atoms with Crippen molar-refractivity contribution in [2.75, 3.05) is 0 Å². The predicted octanol–water partition coefficient (Wildman–Crippen LogP) is 3.17. The first-order valence-electron chi connectivity index (χ1n) is 4.77. The maximum atomic E-state index is 13.0. The third kappa shape index (κ3) is 2.20. The lowest BCUT2D eigenvalue weighted by atomic mass is 9.94. The molecular formula is C11H10BrFO2. The van der Waals surface area contributed by atoms with Gasteiger partial charge in [-0.05, 0) is 52.4 Å². The quantitative estimate of drug-likeness (QED) is 0.918. The van der Waals surface area contributed by atoms with E-state index in [1.54, 1.807) is 12.1 Å². The van der Waals surface area contributed by atoms with Crippen molar-refractivity contribution in [1.82, 2.24) is 0 Å². The Kier molecular flexibility index (Phi) is 2.78. The molecule has 15 heavy (non-hydrogen) atoms. The van der Waals surface area contributed by atoms with Crippen LogP contribution in [0.1, 0.15) is 24.3 Å². The van der Waals surface area contributed by atoms with Gasteiger partial charge < -0.3 is 5.11 Å². The summed E-state index contributed by atoms with van der Waals surface area (Å²) in [6.45, 7) is 0. The first-order chi connectivity index (χ1) is 7.09. The lowest BCUT2D eigenvalue weighted by Crippen LogP contribution is -2.13. The van der Waals surface area contributed by atoms with Crippen LogP contribution in [0.15, 0.2) is 22.7 Å². The summed E-state index contributed by atoms with van der Waals surface area (Å²) in [5.41, 5.74) is 0.679. The minimum Gasteiger partial charge on any atom is -0.481 e. The number of halogens is 2. The van der Waals surface area contributed by atoms with Crippen molar-refractivity contribution in [3.8, 4) is 0 Å². The molecule has 0 heterocycles. The van der Waals surface area contributed by atoms with Crippen molar-refractivity contribution in [2.24, 2.45) is 5.92 Å². The average molecular weight is 273 g/mol. The highest BCUT2D eigenvalue weighted by atomic mass is 79.9. The molecule has 0 amide bonds. The number of aliphatic carboxylic acids is 1. The fourth-order valence-corrected chi connectivity index (χ4v) is 2.15. The molecule has 0 saturated heterocycles. The summed E-state index contributed by atoms with van der Waals surface area (Å²) in [4.78, 5) is 11.1. The van der Waals surface area contributed by atoms with Crippen LogP contribution in [-0.4, -0.2) is 11.1 Å². The summed E-state index contributed by atoms with van der Waals surface area (Å²) in [5, 5.41) is 9.09. The highest BCUT2D eigenvalue weighted by Crippen LogP contribution is 2.43. The normalized spacial score (nSPS) is 17.5. The maximum Gasteiger partial charge on any atom is 0.311 e. The van der Waals surface area contributed by atoms with Gasteiger partial charge in [-0.25, -0.2) is 4.39 Å². The number of hydrogen-bond acceptors (Lipinski definition) is 1. The minimum absolute atomic E-state index is 0.222. The second-order valence-electron chi connectivity index (χ2n) is 3.83. The van der Waals surface area contributed by atoms with E-state index in [0.29, 0.717) is 10.0 Å². The highest BCUT2D eigenvalue weighted by molar-refractivity contribution is 9.10. The van der Waals surface area contributed by atoms with Crippen LogP contribution in [0.25, 0.3) is 0 Å². The highest BCUT2D eigenvalue weighted by Gasteiger charge is 2.37. The SMILES string of the molecule is O=C(O)C(c1ccc(F)c(Br)c1)C1CC1. The van der Waals surface area contributed by atoms with Crippen LogP contribution in [-0.2, 0) is 4.79 Å². The molecule has 1 unspecified atom stereocenters. The van der Waals surface area contributed by atoms with Gasteiger partial charge in [-0.3, -0.25) is 4.79 Å². The Bertz CT molecular complexity index is 402. The molecule has 1 fully saturated rings. The minimum atomic E-state index is -0.823. The predicted molar refractivity (Wildman–Crippen MR) is 57.2 cm³/mol. The van der Waals surface area contributed by atoms with Gasteiger partial charge in [0.15, 0.2) is 0 Å². The van der Waals surface area contributed by atoms with Gasteiger partial charge in [0, 0.05) is 0 Å². The number of carbonyl (C=O) groups is 1. The molecule has 0 radical (unpaired) electrons. The summed E-state index contributed by atoms with van der Waals surface area (Å²) >= 11 is 3.07. The van der Waals surface area contributed by atoms with Crippen molar-refractivity contribution in [1.29, 1.82) is 0 Å². The third-order valence-corrected chi connectivity index (χ3v) is 3.27. The molecule has 0 aliphatic heterocycles. The summed E-state index contributed by atoms with van der Waals surface area (Å²) in [6, 6.07) is 4.42. The lowest BCUT2D eigenvalue weighted by Gasteiger charge is -2.11. The molecule has 0 aromatic heterocycles. The zero-order valence-electron chi connectivity index (χ0n) is 7.91. The van der Waals surface area contributed by atoms with Crippen LogP contribution in [0.5, 0.6) is 0 Å². The van der Waals surface area contributed by atoms with Crippen molar-refractivity contribution in [3.63, 3.8) is 0 Å². The molecule has 1 aromatic rings. The molecule has 1 aromatic carbocycles. The van der Waals surface area contributed by atoms with Crippen molar-refractivity contribution in [2.45, 2.75) is 18.8 Å². The largest absolute Gasteiger partial charge is 0.481 e. The molecule has 2 nitrogen and oxygen atoms in total. The lowest BCUT2D eigenvalue weighted by molar-refractivity contribution is -0.139. The summed E-state index contributed by atoms with van der Waals surface area (Å²) in [6.07, 6.45) is 1.90. The van der Waals surface area contributed by atoms with E-state index in [1.165, 1.54) is 6.07 Å². The van der Waals surface area contributed by atoms with Crippen LogP contribution in [0.4, 0.5) is 4.39 Å². The molecule has 2 rings (SSSR count). The van der Waals surface area contributed by atoms with Crippen LogP contribution < -0.4 is 0 Å². The maximum absolute atomic E-state index is 13.0. The fourth-order valence-electron chi connectivity index (χ4n) is 1.75. The average Bonchev–Trinajstić information content (AvgIpc) is 2.95. The molecule has 1 N–H and O–H groups in total. The monoisotopic (exact) mass is 272 g/mol. The van der Waals surface area contributed by atoms with E-state index in [1.807, 2.05) is 0 Å². The number of benzene rings is 1. The van der Waals surface area contributed by atoms with E-state index < -0.39 is 11.9 Å². The van der Waals surface area contributed by atoms with Crippen molar-refractivity contribution >= 4 is 21.9 Å².